The molecule has 0 bridgehead atoms. The summed E-state index contributed by atoms with van der Waals surface area (Å²) in [6.07, 6.45) is 1.53. The van der Waals surface area contributed by atoms with Gasteiger partial charge in [-0.3, -0.25) is 19.5 Å². The summed E-state index contributed by atoms with van der Waals surface area (Å²) in [7, 11) is 0. The van der Waals surface area contributed by atoms with Gasteiger partial charge in [0, 0.05) is 10.0 Å². The maximum Gasteiger partial charge on any atom is 0.262 e. The average Bonchev–Trinajstić information content (AvgIpc) is 3.30. The lowest BCUT2D eigenvalue weighted by molar-refractivity contribution is 0.0344. The predicted molar refractivity (Wildman–Crippen MR) is 136 cm³/mol. The number of ether oxygens (including phenoxy) is 1. The Hall–Kier alpha value is -3.29. The molecule has 34 heavy (non-hydrogen) atoms. The van der Waals surface area contributed by atoms with Crippen molar-refractivity contribution in [2.75, 3.05) is 5.32 Å². The molecule has 2 unspecified atom stereocenters. The molecule has 2 heterocycles. The first kappa shape index (κ1) is 22.5. The highest BCUT2D eigenvalue weighted by Crippen LogP contribution is 2.35. The molecule has 1 N–H and O–H groups in total. The smallest absolute Gasteiger partial charge is 0.262 e. The fourth-order valence-electron chi connectivity index (χ4n) is 4.44. The number of halogens is 1. The lowest BCUT2D eigenvalue weighted by Crippen LogP contribution is -2.31. The van der Waals surface area contributed by atoms with Gasteiger partial charge < -0.3 is 4.74 Å². The molecular formula is C27H24BrN3O3. The number of fused-ring (bicyclic) bond motifs is 1. The van der Waals surface area contributed by atoms with E-state index in [1.807, 2.05) is 24.3 Å². The Morgan fingerprint density at radius 3 is 2.65 bits per heavy atom. The Morgan fingerprint density at radius 2 is 1.85 bits per heavy atom. The van der Waals surface area contributed by atoms with Crippen LogP contribution in [0.5, 0.6) is 0 Å². The number of benzene rings is 3. The minimum absolute atomic E-state index is 0.00590. The van der Waals surface area contributed by atoms with Crippen molar-refractivity contribution in [2.45, 2.75) is 38.5 Å². The molecule has 6 nitrogen and oxygen atoms in total. The zero-order valence-corrected chi connectivity index (χ0v) is 20.3. The van der Waals surface area contributed by atoms with E-state index < -0.39 is 0 Å². The highest BCUT2D eigenvalue weighted by Gasteiger charge is 2.29. The van der Waals surface area contributed by atoms with Crippen LogP contribution < -0.4 is 10.9 Å². The van der Waals surface area contributed by atoms with E-state index in [4.69, 9.17) is 4.74 Å². The number of carbonyl (C=O) groups excluding carboxylic acids is 1. The Morgan fingerprint density at radius 1 is 1.09 bits per heavy atom. The average molecular weight is 518 g/mol. The molecule has 1 aliphatic rings. The minimum Gasteiger partial charge on any atom is -0.368 e. The van der Waals surface area contributed by atoms with E-state index in [0.717, 1.165) is 17.3 Å². The van der Waals surface area contributed by atoms with Crippen molar-refractivity contribution in [2.24, 2.45) is 0 Å². The van der Waals surface area contributed by atoms with Gasteiger partial charge in [0.1, 0.15) is 0 Å². The van der Waals surface area contributed by atoms with Gasteiger partial charge in [-0.05, 0) is 61.2 Å². The third-order valence-electron chi connectivity index (χ3n) is 6.21. The summed E-state index contributed by atoms with van der Waals surface area (Å²) in [5, 5.41) is 3.34. The van der Waals surface area contributed by atoms with Crippen LogP contribution in [0.3, 0.4) is 0 Å². The number of anilines is 1. The molecule has 0 spiro atoms. The fraction of sp³-hybridized carbons (Fsp3) is 0.222. The number of nitrogens with zero attached hydrogens (tertiary/aromatic N) is 2. The summed E-state index contributed by atoms with van der Waals surface area (Å²) in [6, 6.07) is 22.4. The second kappa shape index (κ2) is 9.52. The third kappa shape index (κ3) is 4.54. The molecule has 2 atom stereocenters. The molecule has 1 amide bonds. The van der Waals surface area contributed by atoms with Gasteiger partial charge in [0.15, 0.2) is 0 Å². The molecule has 0 aliphatic carbocycles. The van der Waals surface area contributed by atoms with Gasteiger partial charge in [0.05, 0.1) is 29.7 Å². The molecule has 172 valence electrons. The van der Waals surface area contributed by atoms with E-state index >= 15 is 0 Å². The lowest BCUT2D eigenvalue weighted by Gasteiger charge is -2.19. The monoisotopic (exact) mass is 517 g/mol. The molecule has 7 heteroatoms. The number of nitrogens with one attached hydrogen (secondary N) is 1. The summed E-state index contributed by atoms with van der Waals surface area (Å²) in [6.45, 7) is 2.39. The van der Waals surface area contributed by atoms with Crippen LogP contribution in [0.1, 0.15) is 40.4 Å². The van der Waals surface area contributed by atoms with Crippen molar-refractivity contribution >= 4 is 38.7 Å². The number of hydrogen-bond acceptors (Lipinski definition) is 4. The maximum atomic E-state index is 13.5. The summed E-state index contributed by atoms with van der Waals surface area (Å²) in [5.41, 5.74) is 3.18. The second-order valence-electron chi connectivity index (χ2n) is 8.51. The van der Waals surface area contributed by atoms with E-state index in [9.17, 15) is 9.59 Å². The number of rotatable bonds is 5. The summed E-state index contributed by atoms with van der Waals surface area (Å²) in [5.74, 6) is -0.104. The topological polar surface area (TPSA) is 73.2 Å². The number of aryl methyl sites for hydroxylation is 1. The van der Waals surface area contributed by atoms with Gasteiger partial charge in [-0.25, -0.2) is 4.98 Å². The van der Waals surface area contributed by atoms with Crippen LogP contribution in [0, 0.1) is 6.92 Å². The quantitative estimate of drug-likeness (QED) is 0.371. The van der Waals surface area contributed by atoms with E-state index in [1.165, 1.54) is 15.7 Å². The van der Waals surface area contributed by atoms with Gasteiger partial charge in [-0.15, -0.1) is 0 Å². The van der Waals surface area contributed by atoms with Gasteiger partial charge in [0.2, 0.25) is 5.95 Å². The van der Waals surface area contributed by atoms with Crippen molar-refractivity contribution in [3.63, 3.8) is 0 Å². The first-order valence-electron chi connectivity index (χ1n) is 11.3. The van der Waals surface area contributed by atoms with E-state index in [2.05, 4.69) is 45.3 Å². The number of hydrogen-bond donors (Lipinski definition) is 1. The highest BCUT2D eigenvalue weighted by atomic mass is 79.9. The molecule has 1 saturated heterocycles. The number of amides is 1. The number of aromatic nitrogens is 2. The van der Waals surface area contributed by atoms with Crippen molar-refractivity contribution in [1.82, 2.24) is 9.55 Å². The van der Waals surface area contributed by atoms with E-state index in [1.54, 1.807) is 36.4 Å². The zero-order chi connectivity index (χ0) is 23.7. The maximum absolute atomic E-state index is 13.5. The highest BCUT2D eigenvalue weighted by molar-refractivity contribution is 9.10. The predicted octanol–water partition coefficient (Wildman–Crippen LogP) is 5.64. The van der Waals surface area contributed by atoms with Gasteiger partial charge in [-0.2, -0.15) is 0 Å². The third-order valence-corrected chi connectivity index (χ3v) is 6.70. The van der Waals surface area contributed by atoms with Gasteiger partial charge >= 0.3 is 0 Å². The molecule has 0 saturated carbocycles. The summed E-state index contributed by atoms with van der Waals surface area (Å²) >= 11 is 3.44. The van der Waals surface area contributed by atoms with Crippen molar-refractivity contribution in [1.29, 1.82) is 0 Å². The molecular weight excluding hydrogens is 494 g/mol. The molecule has 1 fully saturated rings. The summed E-state index contributed by atoms with van der Waals surface area (Å²) in [4.78, 5) is 31.0. The normalized spacial score (nSPS) is 17.7. The lowest BCUT2D eigenvalue weighted by atomic mass is 10.0. The molecule has 5 rings (SSSR count). The van der Waals surface area contributed by atoms with Crippen molar-refractivity contribution < 1.29 is 9.53 Å². The van der Waals surface area contributed by atoms with Crippen LogP contribution in [0.4, 0.5) is 5.95 Å². The van der Waals surface area contributed by atoms with Crippen LogP contribution in [-0.4, -0.2) is 21.6 Å². The van der Waals surface area contributed by atoms with Crippen LogP contribution in [0.2, 0.25) is 0 Å². The minimum atomic E-state index is -0.319. The molecule has 3 aromatic carbocycles. The Kier molecular flexibility index (Phi) is 6.30. The van der Waals surface area contributed by atoms with Crippen LogP contribution in [0.25, 0.3) is 10.9 Å². The Labute approximate surface area is 205 Å². The molecule has 0 radical (unpaired) electrons. The Bertz CT molecular complexity index is 1420. The van der Waals surface area contributed by atoms with Crippen LogP contribution in [-0.2, 0) is 11.3 Å². The fourth-order valence-corrected chi connectivity index (χ4v) is 4.79. The standard InChI is InChI=1S/C27H24BrN3O3/c1-17-7-5-6-10-21(17)24-14-12-20(34-24)16-31-26(33)22-13-11-19(28)15-23(22)29-27(31)30-25(32)18-8-3-2-4-9-18/h2-11,13,15,20,24H,12,14,16H2,1H3,(H,29,30,32). The van der Waals surface area contributed by atoms with Gasteiger partial charge in [-0.1, -0.05) is 58.4 Å². The van der Waals surface area contributed by atoms with Crippen LogP contribution in [0.15, 0.2) is 82.1 Å². The largest absolute Gasteiger partial charge is 0.368 e. The van der Waals surface area contributed by atoms with Crippen molar-refractivity contribution in [3.8, 4) is 0 Å². The van der Waals surface area contributed by atoms with Gasteiger partial charge in [0.25, 0.3) is 11.5 Å². The summed E-state index contributed by atoms with van der Waals surface area (Å²) < 4.78 is 8.70. The molecule has 1 aromatic heterocycles. The first-order chi connectivity index (χ1) is 16.5. The number of carbonyl (C=O) groups is 1. The van der Waals surface area contributed by atoms with E-state index in [-0.39, 0.29) is 29.6 Å². The molecule has 4 aromatic rings. The zero-order valence-electron chi connectivity index (χ0n) is 18.7. The van der Waals surface area contributed by atoms with E-state index in [0.29, 0.717) is 23.0 Å². The second-order valence-corrected chi connectivity index (χ2v) is 9.43. The van der Waals surface area contributed by atoms with Crippen LogP contribution >= 0.6 is 15.9 Å². The first-order valence-corrected chi connectivity index (χ1v) is 12.1. The SMILES string of the molecule is Cc1ccccc1C1CCC(Cn2c(NC(=O)c3ccccc3)nc3cc(Br)ccc3c2=O)O1. The molecule has 1 aliphatic heterocycles. The van der Waals surface area contributed by atoms with Crippen molar-refractivity contribution in [3.05, 3.63) is 104 Å². The Balaban J connectivity index is 1.48.